The van der Waals surface area contributed by atoms with Gasteiger partial charge in [0.25, 0.3) is 0 Å². The van der Waals surface area contributed by atoms with Crippen LogP contribution in [0.1, 0.15) is 6.42 Å². The summed E-state index contributed by atoms with van der Waals surface area (Å²) in [7, 11) is 1.47. The Morgan fingerprint density at radius 2 is 2.55 bits per heavy atom. The van der Waals surface area contributed by atoms with E-state index < -0.39 is 0 Å². The number of nitrogens with two attached hydrogens (primary N) is 1. The highest BCUT2D eigenvalue weighted by molar-refractivity contribution is 5.77. The topological polar surface area (TPSA) is 88.1 Å². The molecule has 0 saturated heterocycles. The second kappa shape index (κ2) is 5.65. The average Bonchev–Trinajstić information content (AvgIpc) is 2.01. The van der Waals surface area contributed by atoms with Crippen molar-refractivity contribution >= 4 is 5.91 Å². The molecule has 0 saturated carbocycles. The van der Waals surface area contributed by atoms with Gasteiger partial charge in [0.05, 0.1) is 12.5 Å². The number of rotatable bonds is 4. The number of nitrogens with one attached hydrogen (secondary N) is 1. The van der Waals surface area contributed by atoms with E-state index in [9.17, 15) is 4.79 Å². The summed E-state index contributed by atoms with van der Waals surface area (Å²) in [6.07, 6.45) is 1.35. The third-order valence-corrected chi connectivity index (χ3v) is 1.20. The van der Waals surface area contributed by atoms with Crippen molar-refractivity contribution in [2.75, 3.05) is 13.7 Å². The fourth-order valence-corrected chi connectivity index (χ4v) is 0.583. The van der Waals surface area contributed by atoms with E-state index in [1.807, 2.05) is 5.32 Å². The first-order valence-corrected chi connectivity index (χ1v) is 3.15. The van der Waals surface area contributed by atoms with Gasteiger partial charge in [0.2, 0.25) is 5.91 Å². The smallest absolute Gasteiger partial charge is 0.235 e. The van der Waals surface area contributed by atoms with Gasteiger partial charge in [-0.1, -0.05) is 0 Å². The maximum absolute atomic E-state index is 10.7. The predicted octanol–water partition coefficient (Wildman–Crippen LogP) is -1.05. The summed E-state index contributed by atoms with van der Waals surface area (Å²) in [6.45, 7) is 0.273. The number of carbonyl (C=O) groups excluding carboxylic acids is 1. The molecule has 0 fully saturated rings. The van der Waals surface area contributed by atoms with Crippen LogP contribution in [0.25, 0.3) is 0 Å². The van der Waals surface area contributed by atoms with E-state index in [2.05, 4.69) is 0 Å². The van der Waals surface area contributed by atoms with Gasteiger partial charge in [-0.2, -0.15) is 5.26 Å². The minimum atomic E-state index is -0.371. The Kier molecular flexibility index (Phi) is 5.07. The molecule has 0 aliphatic rings. The Morgan fingerprint density at radius 1 is 1.91 bits per heavy atom. The predicted molar refractivity (Wildman–Crippen MR) is 38.2 cm³/mol. The molecule has 3 N–H and O–H groups in total. The zero-order valence-electron chi connectivity index (χ0n) is 6.33. The number of methoxy groups -OCH3 is 1. The number of hydrogen-bond donors (Lipinski definition) is 2. The summed E-state index contributed by atoms with van der Waals surface area (Å²) in [6, 6.07) is 0. The number of nitriles is 1. The van der Waals surface area contributed by atoms with Crippen molar-refractivity contribution in [2.24, 2.45) is 5.73 Å². The van der Waals surface area contributed by atoms with E-state index in [1.165, 1.54) is 13.3 Å². The second-order valence-electron chi connectivity index (χ2n) is 1.96. The number of carbonyl (C=O) groups is 1. The number of nitrogens with zero attached hydrogens (tertiary/aromatic N) is 1. The van der Waals surface area contributed by atoms with Crippen molar-refractivity contribution in [1.82, 2.24) is 5.32 Å². The lowest BCUT2D eigenvalue weighted by molar-refractivity contribution is -0.122. The zero-order chi connectivity index (χ0) is 8.69. The van der Waals surface area contributed by atoms with Crippen LogP contribution in [0.4, 0.5) is 0 Å². The molecule has 5 nitrogen and oxygen atoms in total. The molecule has 0 aromatic rings. The Hall–Kier alpha value is -1.12. The molecule has 0 spiro atoms. The molecule has 1 atom stereocenters. The van der Waals surface area contributed by atoms with Crippen molar-refractivity contribution in [2.45, 2.75) is 12.5 Å². The normalized spacial score (nSPS) is 11.7. The maximum Gasteiger partial charge on any atom is 0.235 e. The van der Waals surface area contributed by atoms with Crippen LogP contribution >= 0.6 is 0 Å². The molecule has 0 radical (unpaired) electrons. The minimum Gasteiger partial charge on any atom is -0.380 e. The van der Waals surface area contributed by atoms with Gasteiger partial charge in [-0.15, -0.1) is 0 Å². The minimum absolute atomic E-state index is 0.126. The summed E-state index contributed by atoms with van der Waals surface area (Å²) in [4.78, 5) is 10.7. The van der Waals surface area contributed by atoms with Crippen LogP contribution in [0, 0.1) is 11.5 Å². The van der Waals surface area contributed by atoms with Gasteiger partial charge in [-0.3, -0.25) is 10.1 Å². The summed E-state index contributed by atoms with van der Waals surface area (Å²) in [5.41, 5.74) is 5.24. The van der Waals surface area contributed by atoms with Crippen LogP contribution in [0.5, 0.6) is 0 Å². The SMILES string of the molecule is COC(CN)CC(=O)NC#N. The number of amides is 1. The van der Waals surface area contributed by atoms with E-state index in [0.717, 1.165) is 0 Å². The lowest BCUT2D eigenvalue weighted by Gasteiger charge is -2.09. The lowest BCUT2D eigenvalue weighted by atomic mass is 10.2. The highest BCUT2D eigenvalue weighted by atomic mass is 16.5. The van der Waals surface area contributed by atoms with Crippen molar-refractivity contribution < 1.29 is 9.53 Å². The summed E-state index contributed by atoms with van der Waals surface area (Å²) in [5, 5.41) is 10.0. The van der Waals surface area contributed by atoms with Crippen LogP contribution < -0.4 is 11.1 Å². The van der Waals surface area contributed by atoms with E-state index in [4.69, 9.17) is 15.7 Å². The van der Waals surface area contributed by atoms with Crippen LogP contribution in [-0.2, 0) is 9.53 Å². The van der Waals surface area contributed by atoms with Gasteiger partial charge in [0.15, 0.2) is 6.19 Å². The molecule has 0 aromatic carbocycles. The molecule has 1 amide bonds. The van der Waals surface area contributed by atoms with Crippen molar-refractivity contribution in [1.29, 1.82) is 5.26 Å². The first-order valence-electron chi connectivity index (χ1n) is 3.15. The molecule has 11 heavy (non-hydrogen) atoms. The Bertz CT molecular complexity index is 160. The van der Waals surface area contributed by atoms with E-state index in [-0.39, 0.29) is 25.0 Å². The van der Waals surface area contributed by atoms with Crippen molar-refractivity contribution in [3.8, 4) is 6.19 Å². The maximum atomic E-state index is 10.7. The van der Waals surface area contributed by atoms with Crippen LogP contribution in [-0.4, -0.2) is 25.7 Å². The number of hydrogen-bond acceptors (Lipinski definition) is 4. The molecule has 0 heterocycles. The van der Waals surface area contributed by atoms with Crippen molar-refractivity contribution in [3.05, 3.63) is 0 Å². The Balaban J connectivity index is 3.64. The summed E-state index contributed by atoms with van der Waals surface area (Å²) in [5.74, 6) is -0.371. The Labute approximate surface area is 65.1 Å². The monoisotopic (exact) mass is 157 g/mol. The highest BCUT2D eigenvalue weighted by Crippen LogP contribution is 1.93. The molecule has 0 aliphatic carbocycles. The van der Waals surface area contributed by atoms with Gasteiger partial charge in [0.1, 0.15) is 0 Å². The molecule has 1 unspecified atom stereocenters. The van der Waals surface area contributed by atoms with Gasteiger partial charge >= 0.3 is 0 Å². The van der Waals surface area contributed by atoms with Gasteiger partial charge in [0, 0.05) is 13.7 Å². The lowest BCUT2D eigenvalue weighted by Crippen LogP contribution is -2.30. The Morgan fingerprint density at radius 3 is 2.91 bits per heavy atom. The van der Waals surface area contributed by atoms with Gasteiger partial charge in [-0.05, 0) is 0 Å². The van der Waals surface area contributed by atoms with Crippen LogP contribution in [0.2, 0.25) is 0 Å². The second-order valence-corrected chi connectivity index (χ2v) is 1.96. The average molecular weight is 157 g/mol. The van der Waals surface area contributed by atoms with E-state index in [1.54, 1.807) is 0 Å². The molecule has 0 aromatic heterocycles. The van der Waals surface area contributed by atoms with Crippen molar-refractivity contribution in [3.63, 3.8) is 0 Å². The molecule has 0 aliphatic heterocycles. The highest BCUT2D eigenvalue weighted by Gasteiger charge is 2.09. The standard InChI is InChI=1S/C6H11N3O2/c1-11-5(3-7)2-6(10)9-4-8/h5H,2-3,7H2,1H3,(H,9,10). The molecule has 62 valence electrons. The summed E-state index contributed by atoms with van der Waals surface area (Å²) >= 11 is 0. The molecular formula is C6H11N3O2. The summed E-state index contributed by atoms with van der Waals surface area (Å²) < 4.78 is 4.82. The first-order chi connectivity index (χ1) is 5.24. The molecule has 5 heteroatoms. The third kappa shape index (κ3) is 4.31. The van der Waals surface area contributed by atoms with Gasteiger partial charge in [-0.25, -0.2) is 0 Å². The quantitative estimate of drug-likeness (QED) is 0.402. The van der Waals surface area contributed by atoms with Crippen LogP contribution in [0.15, 0.2) is 0 Å². The fourth-order valence-electron chi connectivity index (χ4n) is 0.583. The first kappa shape index (κ1) is 9.88. The zero-order valence-corrected chi connectivity index (χ0v) is 6.33. The van der Waals surface area contributed by atoms with Gasteiger partial charge < -0.3 is 10.5 Å². The molecular weight excluding hydrogens is 146 g/mol. The van der Waals surface area contributed by atoms with E-state index >= 15 is 0 Å². The van der Waals surface area contributed by atoms with Crippen LogP contribution in [0.3, 0.4) is 0 Å². The largest absolute Gasteiger partial charge is 0.380 e. The van der Waals surface area contributed by atoms with E-state index in [0.29, 0.717) is 0 Å². The third-order valence-electron chi connectivity index (χ3n) is 1.20. The fraction of sp³-hybridized carbons (Fsp3) is 0.667. The molecule has 0 bridgehead atoms. The number of ether oxygens (including phenoxy) is 1. The molecule has 0 rings (SSSR count).